The molecular formula is C34H21N. The van der Waals surface area contributed by atoms with Crippen molar-refractivity contribution in [2.75, 3.05) is 0 Å². The SMILES string of the molecule is c1cc(-c2ccc3c4ccccc4c4ccccc4c3c2)c2c(c1)-c1ccc3cccnc3c1C2. The Bertz CT molecular complexity index is 1940. The van der Waals surface area contributed by atoms with Crippen LogP contribution in [0.2, 0.25) is 0 Å². The van der Waals surface area contributed by atoms with E-state index in [1.54, 1.807) is 0 Å². The van der Waals surface area contributed by atoms with Crippen LogP contribution in [0.4, 0.5) is 0 Å². The van der Waals surface area contributed by atoms with Gasteiger partial charge in [-0.3, -0.25) is 4.98 Å². The van der Waals surface area contributed by atoms with Gasteiger partial charge in [-0.1, -0.05) is 97.1 Å². The van der Waals surface area contributed by atoms with Crippen LogP contribution >= 0.6 is 0 Å². The number of pyridine rings is 1. The lowest BCUT2D eigenvalue weighted by Gasteiger charge is -2.14. The van der Waals surface area contributed by atoms with Crippen molar-refractivity contribution in [1.82, 2.24) is 4.98 Å². The molecule has 0 atom stereocenters. The van der Waals surface area contributed by atoms with Gasteiger partial charge in [-0.25, -0.2) is 0 Å². The zero-order valence-electron chi connectivity index (χ0n) is 19.1. The molecule has 162 valence electrons. The first-order chi connectivity index (χ1) is 17.4. The Labute approximate surface area is 203 Å². The Morgan fingerprint density at radius 2 is 1.11 bits per heavy atom. The predicted octanol–water partition coefficient (Wildman–Crippen LogP) is 8.93. The molecule has 0 saturated carbocycles. The van der Waals surface area contributed by atoms with E-state index in [2.05, 4.69) is 103 Å². The Hall–Kier alpha value is -4.49. The summed E-state index contributed by atoms with van der Waals surface area (Å²) in [5, 5.41) is 9.11. The smallest absolute Gasteiger partial charge is 0.0743 e. The molecule has 1 aliphatic rings. The van der Waals surface area contributed by atoms with Gasteiger partial charge in [0, 0.05) is 18.0 Å². The molecule has 0 N–H and O–H groups in total. The lowest BCUT2D eigenvalue weighted by Crippen LogP contribution is -1.90. The zero-order valence-corrected chi connectivity index (χ0v) is 19.1. The molecule has 0 radical (unpaired) electrons. The number of aromatic nitrogens is 1. The fourth-order valence-corrected chi connectivity index (χ4v) is 6.19. The van der Waals surface area contributed by atoms with E-state index in [9.17, 15) is 0 Å². The summed E-state index contributed by atoms with van der Waals surface area (Å²) in [6, 6.07) is 40.0. The summed E-state index contributed by atoms with van der Waals surface area (Å²) in [6.45, 7) is 0. The molecule has 0 fully saturated rings. The Balaban J connectivity index is 1.39. The van der Waals surface area contributed by atoms with Crippen LogP contribution in [0.15, 0.2) is 115 Å². The van der Waals surface area contributed by atoms with Gasteiger partial charge in [0.15, 0.2) is 0 Å². The summed E-state index contributed by atoms with van der Waals surface area (Å²) < 4.78 is 0. The van der Waals surface area contributed by atoms with Crippen molar-refractivity contribution >= 4 is 43.2 Å². The van der Waals surface area contributed by atoms with Crippen molar-refractivity contribution in [3.8, 4) is 22.3 Å². The van der Waals surface area contributed by atoms with Gasteiger partial charge >= 0.3 is 0 Å². The van der Waals surface area contributed by atoms with E-state index in [0.717, 1.165) is 11.9 Å². The molecular weight excluding hydrogens is 422 g/mol. The van der Waals surface area contributed by atoms with E-state index in [1.165, 1.54) is 71.1 Å². The molecule has 0 saturated heterocycles. The third-order valence-corrected chi connectivity index (χ3v) is 7.75. The first kappa shape index (κ1) is 18.9. The van der Waals surface area contributed by atoms with Crippen LogP contribution in [0.1, 0.15) is 11.1 Å². The minimum Gasteiger partial charge on any atom is -0.256 e. The van der Waals surface area contributed by atoms with Gasteiger partial charge in [-0.05, 0) is 77.8 Å². The minimum absolute atomic E-state index is 0.922. The van der Waals surface area contributed by atoms with Gasteiger partial charge in [0.05, 0.1) is 5.52 Å². The minimum atomic E-state index is 0.922. The second-order valence-electron chi connectivity index (χ2n) is 9.53. The summed E-state index contributed by atoms with van der Waals surface area (Å²) in [4.78, 5) is 4.74. The Morgan fingerprint density at radius 3 is 1.89 bits per heavy atom. The van der Waals surface area contributed by atoms with Gasteiger partial charge in [-0.2, -0.15) is 0 Å². The number of hydrogen-bond donors (Lipinski definition) is 0. The maximum Gasteiger partial charge on any atom is 0.0743 e. The van der Waals surface area contributed by atoms with Crippen LogP contribution in [0, 0.1) is 0 Å². The number of fused-ring (bicyclic) bond motifs is 11. The summed E-state index contributed by atoms with van der Waals surface area (Å²) in [7, 11) is 0. The molecule has 0 spiro atoms. The summed E-state index contributed by atoms with van der Waals surface area (Å²) >= 11 is 0. The highest BCUT2D eigenvalue weighted by molar-refractivity contribution is 6.25. The maximum atomic E-state index is 4.74. The van der Waals surface area contributed by atoms with Crippen LogP contribution in [0.5, 0.6) is 0 Å². The summed E-state index contributed by atoms with van der Waals surface area (Å²) in [5.74, 6) is 0. The molecule has 7 aromatic rings. The van der Waals surface area contributed by atoms with Crippen molar-refractivity contribution in [2.45, 2.75) is 6.42 Å². The zero-order chi connectivity index (χ0) is 22.9. The topological polar surface area (TPSA) is 12.9 Å². The molecule has 6 aromatic carbocycles. The molecule has 0 bridgehead atoms. The molecule has 0 unspecified atom stereocenters. The summed E-state index contributed by atoms with van der Waals surface area (Å²) in [6.07, 6.45) is 2.83. The first-order valence-electron chi connectivity index (χ1n) is 12.2. The second-order valence-corrected chi connectivity index (χ2v) is 9.53. The van der Waals surface area contributed by atoms with Crippen LogP contribution in [0.3, 0.4) is 0 Å². The average molecular weight is 444 g/mol. The largest absolute Gasteiger partial charge is 0.256 e. The van der Waals surface area contributed by atoms with Gasteiger partial charge in [0.2, 0.25) is 0 Å². The first-order valence-corrected chi connectivity index (χ1v) is 12.2. The molecule has 1 nitrogen and oxygen atoms in total. The van der Waals surface area contributed by atoms with Crippen molar-refractivity contribution in [2.24, 2.45) is 0 Å². The number of hydrogen-bond acceptors (Lipinski definition) is 1. The average Bonchev–Trinajstić information content (AvgIpc) is 3.32. The molecule has 35 heavy (non-hydrogen) atoms. The molecule has 1 heteroatoms. The monoisotopic (exact) mass is 443 g/mol. The van der Waals surface area contributed by atoms with Gasteiger partial charge in [0.25, 0.3) is 0 Å². The Kier molecular flexibility index (Phi) is 3.78. The van der Waals surface area contributed by atoms with Crippen LogP contribution in [-0.2, 0) is 6.42 Å². The van der Waals surface area contributed by atoms with Gasteiger partial charge < -0.3 is 0 Å². The molecule has 8 rings (SSSR count). The molecule has 1 aromatic heterocycles. The van der Waals surface area contributed by atoms with Crippen molar-refractivity contribution in [3.05, 3.63) is 127 Å². The van der Waals surface area contributed by atoms with E-state index >= 15 is 0 Å². The van der Waals surface area contributed by atoms with E-state index < -0.39 is 0 Å². The quantitative estimate of drug-likeness (QED) is 0.231. The third-order valence-electron chi connectivity index (χ3n) is 7.75. The van der Waals surface area contributed by atoms with E-state index in [-0.39, 0.29) is 0 Å². The van der Waals surface area contributed by atoms with E-state index in [0.29, 0.717) is 0 Å². The molecule has 1 aliphatic carbocycles. The lowest BCUT2D eigenvalue weighted by molar-refractivity contribution is 1.26. The lowest BCUT2D eigenvalue weighted by atomic mass is 9.90. The van der Waals surface area contributed by atoms with E-state index in [4.69, 9.17) is 4.98 Å². The predicted molar refractivity (Wildman–Crippen MR) is 148 cm³/mol. The maximum absolute atomic E-state index is 4.74. The highest BCUT2D eigenvalue weighted by Crippen LogP contribution is 2.45. The molecule has 0 amide bonds. The van der Waals surface area contributed by atoms with Crippen molar-refractivity contribution in [3.63, 3.8) is 0 Å². The number of benzene rings is 6. The second kappa shape index (κ2) is 7.01. The van der Waals surface area contributed by atoms with Crippen LogP contribution in [0.25, 0.3) is 65.5 Å². The normalized spacial score (nSPS) is 12.5. The van der Waals surface area contributed by atoms with Crippen LogP contribution in [-0.4, -0.2) is 4.98 Å². The Morgan fingerprint density at radius 1 is 0.457 bits per heavy atom. The fraction of sp³-hybridized carbons (Fsp3) is 0.0294. The fourth-order valence-electron chi connectivity index (χ4n) is 6.19. The molecule has 1 heterocycles. The number of nitrogens with zero attached hydrogens (tertiary/aromatic N) is 1. The van der Waals surface area contributed by atoms with Crippen LogP contribution < -0.4 is 0 Å². The van der Waals surface area contributed by atoms with Crippen molar-refractivity contribution in [1.29, 1.82) is 0 Å². The highest BCUT2D eigenvalue weighted by atomic mass is 14.7. The van der Waals surface area contributed by atoms with Crippen molar-refractivity contribution < 1.29 is 0 Å². The van der Waals surface area contributed by atoms with E-state index in [1.807, 2.05) is 12.3 Å². The summed E-state index contributed by atoms with van der Waals surface area (Å²) in [5.41, 5.74) is 9.15. The van der Waals surface area contributed by atoms with Gasteiger partial charge in [-0.15, -0.1) is 0 Å². The molecule has 0 aliphatic heterocycles. The van der Waals surface area contributed by atoms with Gasteiger partial charge in [0.1, 0.15) is 0 Å². The third kappa shape index (κ3) is 2.61. The highest BCUT2D eigenvalue weighted by Gasteiger charge is 2.24. The standard InChI is InChI=1S/C34H21N/c1-2-10-26-24(8-1)25-9-3-4-11-27(25)31-19-22(15-17-29(26)31)23-12-5-13-28-30-16-14-21-7-6-18-35-34(21)33(30)20-32(23)28/h1-19H,20H2. The number of rotatable bonds is 1.